The third-order valence-corrected chi connectivity index (χ3v) is 3.27. The summed E-state index contributed by atoms with van der Waals surface area (Å²) in [5.74, 6) is -0.706. The molecule has 4 nitrogen and oxygen atoms in total. The second-order valence-corrected chi connectivity index (χ2v) is 4.48. The maximum Gasteiger partial charge on any atom is 0.303 e. The molecule has 2 heterocycles. The van der Waals surface area contributed by atoms with Crippen LogP contribution in [-0.4, -0.2) is 34.0 Å². The summed E-state index contributed by atoms with van der Waals surface area (Å²) >= 11 is 0. The van der Waals surface area contributed by atoms with Gasteiger partial charge in [0.2, 0.25) is 0 Å². The first-order valence-electron chi connectivity index (χ1n) is 6.13. The van der Waals surface area contributed by atoms with Gasteiger partial charge in [0.15, 0.2) is 0 Å². The van der Waals surface area contributed by atoms with Crippen molar-refractivity contribution in [3.05, 3.63) is 30.1 Å². The standard InChI is InChI=1S/C13H18N2O2/c16-13(17)6-3-9-15-8-2-5-12(15)11-4-1-7-14-10-11/h1,4,7,10,12H,2-3,5-6,8-9H2,(H,16,17)/t12-/m1/s1. The van der Waals surface area contributed by atoms with Crippen molar-refractivity contribution in [2.45, 2.75) is 31.7 Å². The van der Waals surface area contributed by atoms with Crippen LogP contribution < -0.4 is 0 Å². The highest BCUT2D eigenvalue weighted by Gasteiger charge is 2.25. The van der Waals surface area contributed by atoms with Gasteiger partial charge in [-0.15, -0.1) is 0 Å². The number of hydrogen-bond donors (Lipinski definition) is 1. The molecule has 1 aliphatic heterocycles. The molecule has 0 aliphatic carbocycles. The van der Waals surface area contributed by atoms with Crippen molar-refractivity contribution < 1.29 is 9.90 Å². The van der Waals surface area contributed by atoms with E-state index in [1.165, 1.54) is 12.0 Å². The Balaban J connectivity index is 1.91. The van der Waals surface area contributed by atoms with Crippen LogP contribution in [0.5, 0.6) is 0 Å². The van der Waals surface area contributed by atoms with Gasteiger partial charge in [0.1, 0.15) is 0 Å². The molecule has 0 amide bonds. The molecule has 1 saturated heterocycles. The second kappa shape index (κ2) is 5.77. The summed E-state index contributed by atoms with van der Waals surface area (Å²) in [6.45, 7) is 1.94. The number of likely N-dealkylation sites (tertiary alicyclic amines) is 1. The normalized spacial score (nSPS) is 20.6. The Morgan fingerprint density at radius 2 is 2.47 bits per heavy atom. The zero-order chi connectivity index (χ0) is 12.1. The molecule has 0 aromatic carbocycles. The van der Waals surface area contributed by atoms with Crippen molar-refractivity contribution in [2.75, 3.05) is 13.1 Å². The van der Waals surface area contributed by atoms with Crippen LogP contribution in [0.25, 0.3) is 0 Å². The molecule has 1 aromatic rings. The van der Waals surface area contributed by atoms with Gasteiger partial charge in [-0.2, -0.15) is 0 Å². The third kappa shape index (κ3) is 3.27. The predicted octanol–water partition coefficient (Wildman–Crippen LogP) is 2.08. The number of carboxylic acid groups (broad SMARTS) is 1. The molecule has 0 bridgehead atoms. The number of nitrogens with zero attached hydrogens (tertiary/aromatic N) is 2. The Bertz CT molecular complexity index is 367. The summed E-state index contributed by atoms with van der Waals surface area (Å²) in [6.07, 6.45) is 7.03. The average Bonchev–Trinajstić information content (AvgIpc) is 2.78. The highest BCUT2D eigenvalue weighted by atomic mass is 16.4. The molecule has 1 aliphatic rings. The molecule has 0 unspecified atom stereocenters. The summed E-state index contributed by atoms with van der Waals surface area (Å²) < 4.78 is 0. The third-order valence-electron chi connectivity index (χ3n) is 3.27. The van der Waals surface area contributed by atoms with E-state index in [1.807, 2.05) is 12.3 Å². The smallest absolute Gasteiger partial charge is 0.303 e. The van der Waals surface area contributed by atoms with E-state index in [0.29, 0.717) is 6.04 Å². The van der Waals surface area contributed by atoms with Crippen molar-refractivity contribution in [1.29, 1.82) is 0 Å². The van der Waals surface area contributed by atoms with Crippen molar-refractivity contribution in [1.82, 2.24) is 9.88 Å². The predicted molar refractivity (Wildman–Crippen MR) is 64.7 cm³/mol. The van der Waals surface area contributed by atoms with E-state index < -0.39 is 5.97 Å². The van der Waals surface area contributed by atoms with Gasteiger partial charge in [0, 0.05) is 24.9 Å². The van der Waals surface area contributed by atoms with Crippen LogP contribution in [0.4, 0.5) is 0 Å². The summed E-state index contributed by atoms with van der Waals surface area (Å²) in [7, 11) is 0. The van der Waals surface area contributed by atoms with Crippen LogP contribution in [0, 0.1) is 0 Å². The van der Waals surface area contributed by atoms with Crippen molar-refractivity contribution in [2.24, 2.45) is 0 Å². The minimum absolute atomic E-state index is 0.260. The van der Waals surface area contributed by atoms with Crippen LogP contribution in [0.2, 0.25) is 0 Å². The molecule has 4 heteroatoms. The molecule has 1 atom stereocenters. The van der Waals surface area contributed by atoms with Crippen molar-refractivity contribution >= 4 is 5.97 Å². The van der Waals surface area contributed by atoms with E-state index in [2.05, 4.69) is 16.0 Å². The van der Waals surface area contributed by atoms with E-state index in [4.69, 9.17) is 5.11 Å². The lowest BCUT2D eigenvalue weighted by atomic mass is 10.1. The molecular formula is C13H18N2O2. The number of aliphatic carboxylic acids is 1. The fourth-order valence-corrected chi connectivity index (χ4v) is 2.48. The Hall–Kier alpha value is -1.42. The lowest BCUT2D eigenvalue weighted by Gasteiger charge is -2.24. The summed E-state index contributed by atoms with van der Waals surface area (Å²) in [5, 5.41) is 8.64. The number of carboxylic acids is 1. The number of hydrogen-bond acceptors (Lipinski definition) is 3. The molecule has 17 heavy (non-hydrogen) atoms. The van der Waals surface area contributed by atoms with Crippen LogP contribution >= 0.6 is 0 Å². The molecule has 2 rings (SSSR count). The molecular weight excluding hydrogens is 216 g/mol. The van der Waals surface area contributed by atoms with Crippen molar-refractivity contribution in [3.63, 3.8) is 0 Å². The van der Waals surface area contributed by atoms with Gasteiger partial charge in [-0.1, -0.05) is 6.07 Å². The Labute approximate surface area is 101 Å². The van der Waals surface area contributed by atoms with Gasteiger partial charge in [0.25, 0.3) is 0 Å². The zero-order valence-electron chi connectivity index (χ0n) is 9.88. The fourth-order valence-electron chi connectivity index (χ4n) is 2.48. The largest absolute Gasteiger partial charge is 0.481 e. The Kier molecular flexibility index (Phi) is 4.09. The number of aromatic nitrogens is 1. The van der Waals surface area contributed by atoms with Gasteiger partial charge in [-0.05, 0) is 44.0 Å². The fraction of sp³-hybridized carbons (Fsp3) is 0.538. The number of pyridine rings is 1. The minimum Gasteiger partial charge on any atom is -0.481 e. The van der Waals surface area contributed by atoms with Crippen LogP contribution in [0.3, 0.4) is 0 Å². The first-order chi connectivity index (χ1) is 8.27. The molecule has 0 spiro atoms. The molecule has 0 saturated carbocycles. The van der Waals surface area contributed by atoms with Gasteiger partial charge >= 0.3 is 5.97 Å². The van der Waals surface area contributed by atoms with E-state index in [-0.39, 0.29) is 6.42 Å². The molecule has 1 aromatic heterocycles. The second-order valence-electron chi connectivity index (χ2n) is 4.48. The van der Waals surface area contributed by atoms with E-state index in [0.717, 1.165) is 25.9 Å². The van der Waals surface area contributed by atoms with E-state index in [9.17, 15) is 4.79 Å². The zero-order valence-corrected chi connectivity index (χ0v) is 9.88. The molecule has 0 radical (unpaired) electrons. The molecule has 1 fully saturated rings. The Morgan fingerprint density at radius 3 is 3.18 bits per heavy atom. The monoisotopic (exact) mass is 234 g/mol. The lowest BCUT2D eigenvalue weighted by molar-refractivity contribution is -0.137. The highest BCUT2D eigenvalue weighted by Crippen LogP contribution is 2.31. The first kappa shape index (κ1) is 12.0. The van der Waals surface area contributed by atoms with E-state index in [1.54, 1.807) is 6.20 Å². The lowest BCUT2D eigenvalue weighted by Crippen LogP contribution is -2.25. The SMILES string of the molecule is O=C(O)CCCN1CCC[C@@H]1c1cccnc1. The topological polar surface area (TPSA) is 53.4 Å². The Morgan fingerprint density at radius 1 is 1.59 bits per heavy atom. The number of rotatable bonds is 5. The van der Waals surface area contributed by atoms with Crippen LogP contribution in [0.1, 0.15) is 37.3 Å². The summed E-state index contributed by atoms with van der Waals surface area (Å²) in [6, 6.07) is 4.49. The highest BCUT2D eigenvalue weighted by molar-refractivity contribution is 5.66. The van der Waals surface area contributed by atoms with Gasteiger partial charge in [-0.3, -0.25) is 14.7 Å². The summed E-state index contributed by atoms with van der Waals surface area (Å²) in [4.78, 5) is 17.0. The molecule has 92 valence electrons. The maximum atomic E-state index is 10.5. The van der Waals surface area contributed by atoms with Crippen LogP contribution in [-0.2, 0) is 4.79 Å². The average molecular weight is 234 g/mol. The van der Waals surface area contributed by atoms with Gasteiger partial charge in [-0.25, -0.2) is 0 Å². The van der Waals surface area contributed by atoms with Crippen molar-refractivity contribution in [3.8, 4) is 0 Å². The quantitative estimate of drug-likeness (QED) is 0.847. The van der Waals surface area contributed by atoms with Gasteiger partial charge < -0.3 is 5.11 Å². The minimum atomic E-state index is -0.706. The number of carbonyl (C=O) groups is 1. The van der Waals surface area contributed by atoms with Crippen LogP contribution in [0.15, 0.2) is 24.5 Å². The molecule has 1 N–H and O–H groups in total. The first-order valence-corrected chi connectivity index (χ1v) is 6.13. The van der Waals surface area contributed by atoms with E-state index >= 15 is 0 Å². The van der Waals surface area contributed by atoms with Gasteiger partial charge in [0.05, 0.1) is 0 Å². The summed E-state index contributed by atoms with van der Waals surface area (Å²) in [5.41, 5.74) is 1.25. The maximum absolute atomic E-state index is 10.5.